The van der Waals surface area contributed by atoms with E-state index in [1.165, 1.54) is 0 Å². The summed E-state index contributed by atoms with van der Waals surface area (Å²) in [6.45, 7) is 0. The highest BCUT2D eigenvalue weighted by Crippen LogP contribution is 2.62. The van der Waals surface area contributed by atoms with Gasteiger partial charge in [-0.1, -0.05) is 18.2 Å². The fraction of sp³-hybridized carbons (Fsp3) is 0.632. The molecule has 0 heterocycles. The van der Waals surface area contributed by atoms with Crippen LogP contribution >= 0.6 is 11.6 Å². The molecule has 8 heteroatoms. The average molecular weight is 416 g/mol. The highest BCUT2D eigenvalue weighted by molar-refractivity contribution is 7.93. The van der Waals surface area contributed by atoms with Gasteiger partial charge in [0.25, 0.3) is 5.91 Å². The van der Waals surface area contributed by atoms with Crippen LogP contribution in [-0.4, -0.2) is 30.1 Å². The van der Waals surface area contributed by atoms with Crippen LogP contribution in [0, 0.1) is 11.3 Å². The molecule has 1 aromatic rings. The van der Waals surface area contributed by atoms with Gasteiger partial charge in [0.05, 0.1) is 5.25 Å². The van der Waals surface area contributed by atoms with Gasteiger partial charge in [-0.05, 0) is 62.5 Å². The smallest absolute Gasteiger partial charge is 0.267 e. The molecule has 3 fully saturated rings. The SMILES string of the molecule is O=C(NOC(F)(C1CCC2(CC1)CC2Cl)S(=O)(=O)C1CC1)c1ccccc1. The van der Waals surface area contributed by atoms with Crippen LogP contribution in [0.3, 0.4) is 0 Å². The molecule has 1 spiro atoms. The van der Waals surface area contributed by atoms with Crippen LogP contribution in [0.15, 0.2) is 30.3 Å². The molecule has 1 aromatic carbocycles. The highest BCUT2D eigenvalue weighted by atomic mass is 35.5. The third-order valence-corrected chi connectivity index (χ3v) is 9.39. The number of alkyl halides is 2. The Balaban J connectivity index is 1.51. The molecule has 5 nitrogen and oxygen atoms in total. The molecule has 2 atom stereocenters. The molecule has 148 valence electrons. The number of benzene rings is 1. The normalized spacial score (nSPS) is 32.7. The van der Waals surface area contributed by atoms with E-state index in [1.807, 2.05) is 0 Å². The number of rotatable bonds is 6. The van der Waals surface area contributed by atoms with E-state index in [2.05, 4.69) is 5.48 Å². The predicted octanol–water partition coefficient (Wildman–Crippen LogP) is 3.74. The van der Waals surface area contributed by atoms with E-state index in [0.717, 1.165) is 6.42 Å². The third-order valence-electron chi connectivity index (χ3n) is 6.23. The molecule has 4 rings (SSSR count). The van der Waals surface area contributed by atoms with E-state index in [0.29, 0.717) is 38.5 Å². The van der Waals surface area contributed by atoms with E-state index < -0.39 is 32.1 Å². The molecule has 0 aliphatic heterocycles. The van der Waals surface area contributed by atoms with Gasteiger partial charge in [-0.15, -0.1) is 11.6 Å². The largest absolute Gasteiger partial charge is 0.334 e. The van der Waals surface area contributed by atoms with Crippen LogP contribution in [-0.2, 0) is 14.7 Å². The molecule has 3 aliphatic carbocycles. The number of carbonyl (C=O) groups is 1. The molecule has 1 N–H and O–H groups in total. The zero-order valence-electron chi connectivity index (χ0n) is 14.9. The minimum absolute atomic E-state index is 0.0373. The van der Waals surface area contributed by atoms with Crippen LogP contribution < -0.4 is 5.48 Å². The van der Waals surface area contributed by atoms with Crippen molar-refractivity contribution in [3.8, 4) is 0 Å². The summed E-state index contributed by atoms with van der Waals surface area (Å²) in [7, 11) is -4.17. The fourth-order valence-electron chi connectivity index (χ4n) is 4.10. The van der Waals surface area contributed by atoms with Crippen molar-refractivity contribution in [2.45, 2.75) is 60.8 Å². The van der Waals surface area contributed by atoms with Gasteiger partial charge in [0.15, 0.2) is 0 Å². The average Bonchev–Trinajstić information content (AvgIpc) is 3.59. The molecule has 27 heavy (non-hydrogen) atoms. The number of halogens is 2. The molecule has 0 bridgehead atoms. The van der Waals surface area contributed by atoms with Crippen LogP contribution in [0.5, 0.6) is 0 Å². The van der Waals surface area contributed by atoms with Crippen molar-refractivity contribution in [2.75, 3.05) is 0 Å². The van der Waals surface area contributed by atoms with Crippen molar-refractivity contribution in [1.29, 1.82) is 0 Å². The van der Waals surface area contributed by atoms with Gasteiger partial charge in [-0.3, -0.25) is 4.79 Å². The number of nitrogens with one attached hydrogen (secondary N) is 1. The first kappa shape index (κ1) is 19.2. The van der Waals surface area contributed by atoms with Crippen molar-refractivity contribution in [1.82, 2.24) is 5.48 Å². The van der Waals surface area contributed by atoms with E-state index in [9.17, 15) is 13.2 Å². The lowest BCUT2D eigenvalue weighted by atomic mass is 9.79. The topological polar surface area (TPSA) is 72.5 Å². The number of hydrogen-bond acceptors (Lipinski definition) is 4. The van der Waals surface area contributed by atoms with Crippen molar-refractivity contribution < 1.29 is 22.4 Å². The lowest BCUT2D eigenvalue weighted by molar-refractivity contribution is -0.159. The Kier molecular flexibility index (Phi) is 4.76. The maximum absolute atomic E-state index is 15.9. The van der Waals surface area contributed by atoms with Gasteiger partial charge in [-0.25, -0.2) is 18.7 Å². The number of carbonyl (C=O) groups excluding carboxylic acids is 1. The maximum atomic E-state index is 15.9. The molecular formula is C19H23ClFNO4S. The number of hydroxylamine groups is 1. The van der Waals surface area contributed by atoms with Crippen LogP contribution in [0.4, 0.5) is 4.39 Å². The second-order valence-corrected chi connectivity index (χ2v) is 10.9. The van der Waals surface area contributed by atoms with E-state index >= 15 is 4.39 Å². The predicted molar refractivity (Wildman–Crippen MR) is 99.4 cm³/mol. The Morgan fingerprint density at radius 2 is 1.78 bits per heavy atom. The maximum Gasteiger partial charge on any atom is 0.334 e. The molecule has 3 saturated carbocycles. The Bertz CT molecular complexity index is 821. The minimum Gasteiger partial charge on any atom is -0.267 e. The summed E-state index contributed by atoms with van der Waals surface area (Å²) in [4.78, 5) is 17.3. The summed E-state index contributed by atoms with van der Waals surface area (Å²) in [5.74, 6) is -1.48. The van der Waals surface area contributed by atoms with Gasteiger partial charge < -0.3 is 0 Å². The summed E-state index contributed by atoms with van der Waals surface area (Å²) in [6, 6.07) is 8.17. The first-order chi connectivity index (χ1) is 12.8. The van der Waals surface area contributed by atoms with Gasteiger partial charge in [0.2, 0.25) is 9.84 Å². The van der Waals surface area contributed by atoms with Crippen LogP contribution in [0.1, 0.15) is 55.3 Å². The second-order valence-electron chi connectivity index (χ2n) is 8.03. The Hall–Kier alpha value is -1.18. The summed E-state index contributed by atoms with van der Waals surface area (Å²) >= 11 is 6.20. The van der Waals surface area contributed by atoms with Crippen LogP contribution in [0.2, 0.25) is 0 Å². The lowest BCUT2D eigenvalue weighted by Crippen LogP contribution is -2.51. The van der Waals surface area contributed by atoms with Crippen molar-refractivity contribution >= 4 is 27.3 Å². The van der Waals surface area contributed by atoms with E-state index in [4.69, 9.17) is 16.4 Å². The van der Waals surface area contributed by atoms with Crippen LogP contribution in [0.25, 0.3) is 0 Å². The monoisotopic (exact) mass is 415 g/mol. The Morgan fingerprint density at radius 1 is 1.19 bits per heavy atom. The van der Waals surface area contributed by atoms with Gasteiger partial charge >= 0.3 is 5.19 Å². The molecule has 0 radical (unpaired) electrons. The second kappa shape index (κ2) is 6.71. The summed E-state index contributed by atoms with van der Waals surface area (Å²) in [6.07, 6.45) is 3.91. The number of sulfone groups is 1. The minimum atomic E-state index is -4.17. The molecule has 0 saturated heterocycles. The standard InChI is InChI=1S/C19H23ClFNO4S/c20-16-12-18(16)10-8-14(9-11-18)19(21,27(24,25)15-6-7-15)26-22-17(23)13-4-2-1-3-5-13/h1-5,14-16H,6-12H2,(H,22,23). The molecule has 1 amide bonds. The number of amides is 1. The first-order valence-corrected chi connectivity index (χ1v) is 11.4. The van der Waals surface area contributed by atoms with Gasteiger partial charge in [0.1, 0.15) is 0 Å². The molecule has 2 unspecified atom stereocenters. The van der Waals surface area contributed by atoms with Gasteiger partial charge in [0, 0.05) is 16.9 Å². The molecule has 3 aliphatic rings. The van der Waals surface area contributed by atoms with Crippen molar-refractivity contribution in [2.24, 2.45) is 11.3 Å². The quantitative estimate of drug-likeness (QED) is 0.567. The molecular weight excluding hydrogens is 393 g/mol. The van der Waals surface area contributed by atoms with E-state index in [-0.39, 0.29) is 16.4 Å². The van der Waals surface area contributed by atoms with E-state index in [1.54, 1.807) is 30.3 Å². The first-order valence-electron chi connectivity index (χ1n) is 9.38. The fourth-order valence-corrected chi connectivity index (χ4v) is 6.69. The zero-order chi connectivity index (χ0) is 19.3. The summed E-state index contributed by atoms with van der Waals surface area (Å²) in [5, 5.41) is -3.53. The third kappa shape index (κ3) is 3.38. The molecule has 0 aromatic heterocycles. The highest BCUT2D eigenvalue weighted by Gasteiger charge is 2.63. The summed E-state index contributed by atoms with van der Waals surface area (Å²) < 4.78 is 41.6. The Labute approximate surface area is 163 Å². The van der Waals surface area contributed by atoms with Gasteiger partial charge in [-0.2, -0.15) is 4.39 Å². The lowest BCUT2D eigenvalue weighted by Gasteiger charge is -2.37. The van der Waals surface area contributed by atoms with Crippen molar-refractivity contribution in [3.63, 3.8) is 0 Å². The summed E-state index contributed by atoms with van der Waals surface area (Å²) in [5.41, 5.74) is 2.36. The Morgan fingerprint density at radius 3 is 2.30 bits per heavy atom. The number of hydrogen-bond donors (Lipinski definition) is 1. The van der Waals surface area contributed by atoms with Crippen molar-refractivity contribution in [3.05, 3.63) is 35.9 Å². The zero-order valence-corrected chi connectivity index (χ0v) is 16.4.